The van der Waals surface area contributed by atoms with Crippen LogP contribution in [0.1, 0.15) is 31.0 Å². The van der Waals surface area contributed by atoms with Gasteiger partial charge in [-0.1, -0.05) is 0 Å². The van der Waals surface area contributed by atoms with Crippen LogP contribution < -0.4 is 10.5 Å². The molecule has 2 aliphatic rings. The van der Waals surface area contributed by atoms with Crippen LogP contribution in [0.2, 0.25) is 0 Å². The van der Waals surface area contributed by atoms with E-state index in [2.05, 4.69) is 9.97 Å². The second-order valence-electron chi connectivity index (χ2n) is 4.65. The number of rotatable bonds is 2. The maximum absolute atomic E-state index is 11.5. The number of aromatic nitrogens is 2. The Labute approximate surface area is 93.1 Å². The van der Waals surface area contributed by atoms with Crippen LogP contribution in [-0.2, 0) is 0 Å². The molecular formula is C11H15N3O2. The van der Waals surface area contributed by atoms with Gasteiger partial charge in [0.2, 0.25) is 0 Å². The van der Waals surface area contributed by atoms with Gasteiger partial charge in [-0.25, -0.2) is 4.98 Å². The highest BCUT2D eigenvalue weighted by Gasteiger charge is 2.28. The zero-order valence-electron chi connectivity index (χ0n) is 9.02. The molecule has 2 heterocycles. The van der Waals surface area contributed by atoms with E-state index < -0.39 is 0 Å². The number of aromatic amines is 1. The van der Waals surface area contributed by atoms with Gasteiger partial charge in [0.15, 0.2) is 0 Å². The van der Waals surface area contributed by atoms with Crippen molar-refractivity contribution >= 4 is 5.82 Å². The molecule has 1 aromatic rings. The van der Waals surface area contributed by atoms with Gasteiger partial charge in [0.05, 0.1) is 6.10 Å². The van der Waals surface area contributed by atoms with Crippen LogP contribution in [0.5, 0.6) is 0 Å². The summed E-state index contributed by atoms with van der Waals surface area (Å²) in [6.45, 7) is 1.36. The van der Waals surface area contributed by atoms with Crippen molar-refractivity contribution in [2.75, 3.05) is 18.0 Å². The van der Waals surface area contributed by atoms with E-state index in [1.807, 2.05) is 4.90 Å². The van der Waals surface area contributed by atoms with Crippen molar-refractivity contribution in [1.82, 2.24) is 9.97 Å². The lowest BCUT2D eigenvalue weighted by molar-refractivity contribution is 0.198. The summed E-state index contributed by atoms with van der Waals surface area (Å²) in [4.78, 5) is 20.7. The van der Waals surface area contributed by atoms with Crippen LogP contribution >= 0.6 is 0 Å². The minimum atomic E-state index is -0.287. The summed E-state index contributed by atoms with van der Waals surface area (Å²) in [6, 6.07) is 1.52. The lowest BCUT2D eigenvalue weighted by Gasteiger charge is -2.16. The van der Waals surface area contributed by atoms with Gasteiger partial charge in [0, 0.05) is 25.1 Å². The Kier molecular flexibility index (Phi) is 2.21. The second kappa shape index (κ2) is 3.59. The SMILES string of the molecule is O=c1cc(N2CC[C@H](O)C2)nc(C2CC2)[nH]1. The Balaban J connectivity index is 1.91. The van der Waals surface area contributed by atoms with Crippen molar-refractivity contribution in [3.05, 3.63) is 22.2 Å². The van der Waals surface area contributed by atoms with Crippen LogP contribution in [0.4, 0.5) is 5.82 Å². The number of nitrogens with zero attached hydrogens (tertiary/aromatic N) is 2. The predicted octanol–water partition coefficient (Wildman–Crippen LogP) is 0.218. The highest BCUT2D eigenvalue weighted by Crippen LogP contribution is 2.38. The normalized spacial score (nSPS) is 25.1. The highest BCUT2D eigenvalue weighted by atomic mass is 16.3. The topological polar surface area (TPSA) is 69.2 Å². The first kappa shape index (κ1) is 9.84. The Morgan fingerprint density at radius 1 is 1.44 bits per heavy atom. The van der Waals surface area contributed by atoms with Gasteiger partial charge in [-0.3, -0.25) is 4.79 Å². The van der Waals surface area contributed by atoms with Crippen LogP contribution in [0.15, 0.2) is 10.9 Å². The lowest BCUT2D eigenvalue weighted by atomic mass is 10.3. The summed E-state index contributed by atoms with van der Waals surface area (Å²) in [6.07, 6.45) is 2.71. The molecule has 1 aromatic heterocycles. The van der Waals surface area contributed by atoms with E-state index in [4.69, 9.17) is 0 Å². The van der Waals surface area contributed by atoms with Crippen LogP contribution in [0, 0.1) is 0 Å². The molecule has 1 saturated heterocycles. The quantitative estimate of drug-likeness (QED) is 0.749. The van der Waals surface area contributed by atoms with E-state index in [1.165, 1.54) is 6.07 Å². The molecule has 1 aliphatic carbocycles. The fourth-order valence-corrected chi connectivity index (χ4v) is 2.13. The maximum Gasteiger partial charge on any atom is 0.252 e. The molecule has 0 spiro atoms. The van der Waals surface area contributed by atoms with Crippen molar-refractivity contribution in [3.63, 3.8) is 0 Å². The van der Waals surface area contributed by atoms with Gasteiger partial charge in [-0.2, -0.15) is 0 Å². The van der Waals surface area contributed by atoms with Gasteiger partial charge in [-0.15, -0.1) is 0 Å². The minimum absolute atomic E-state index is 0.0895. The van der Waals surface area contributed by atoms with E-state index in [0.29, 0.717) is 18.3 Å². The third-order valence-electron chi connectivity index (χ3n) is 3.20. The molecule has 2 fully saturated rings. The molecule has 1 aliphatic heterocycles. The van der Waals surface area contributed by atoms with Crippen LogP contribution in [0.25, 0.3) is 0 Å². The third kappa shape index (κ3) is 1.82. The van der Waals surface area contributed by atoms with E-state index in [-0.39, 0.29) is 11.7 Å². The van der Waals surface area contributed by atoms with E-state index >= 15 is 0 Å². The first-order valence-electron chi connectivity index (χ1n) is 5.76. The average Bonchev–Trinajstić information content (AvgIpc) is 3.01. The Bertz CT molecular complexity index is 453. The molecule has 1 atom stereocenters. The fourth-order valence-electron chi connectivity index (χ4n) is 2.13. The largest absolute Gasteiger partial charge is 0.391 e. The Morgan fingerprint density at radius 2 is 2.25 bits per heavy atom. The van der Waals surface area contributed by atoms with Crippen molar-refractivity contribution in [3.8, 4) is 0 Å². The molecule has 5 heteroatoms. The smallest absolute Gasteiger partial charge is 0.252 e. The number of hydrogen-bond acceptors (Lipinski definition) is 4. The van der Waals surface area contributed by atoms with Crippen LogP contribution in [-0.4, -0.2) is 34.3 Å². The molecule has 0 radical (unpaired) electrons. The van der Waals surface area contributed by atoms with Crippen LogP contribution in [0.3, 0.4) is 0 Å². The standard InChI is InChI=1S/C11H15N3O2/c15-8-3-4-14(6-8)9-5-10(16)13-11(12-9)7-1-2-7/h5,7-8,15H,1-4,6H2,(H,12,13,16)/t8-/m0/s1. The molecule has 5 nitrogen and oxygen atoms in total. The predicted molar refractivity (Wildman–Crippen MR) is 59.7 cm³/mol. The monoisotopic (exact) mass is 221 g/mol. The molecule has 0 amide bonds. The van der Waals surface area contributed by atoms with Gasteiger partial charge in [0.1, 0.15) is 11.6 Å². The van der Waals surface area contributed by atoms with Gasteiger partial charge >= 0.3 is 0 Å². The van der Waals surface area contributed by atoms with E-state index in [0.717, 1.165) is 31.6 Å². The molecule has 0 bridgehead atoms. The van der Waals surface area contributed by atoms with Crippen molar-refractivity contribution < 1.29 is 5.11 Å². The molecule has 2 N–H and O–H groups in total. The van der Waals surface area contributed by atoms with Gasteiger partial charge in [0.25, 0.3) is 5.56 Å². The number of β-amino-alcohol motifs (C(OH)–C–C–N with tert-alkyl or cyclic N) is 1. The minimum Gasteiger partial charge on any atom is -0.391 e. The lowest BCUT2D eigenvalue weighted by Crippen LogP contribution is -2.25. The first-order valence-corrected chi connectivity index (χ1v) is 5.76. The van der Waals surface area contributed by atoms with E-state index in [1.54, 1.807) is 0 Å². The zero-order valence-corrected chi connectivity index (χ0v) is 9.02. The summed E-state index contributed by atoms with van der Waals surface area (Å²) in [5.74, 6) is 1.96. The molecule has 86 valence electrons. The first-order chi connectivity index (χ1) is 7.72. The zero-order chi connectivity index (χ0) is 11.1. The number of hydrogen-bond donors (Lipinski definition) is 2. The number of H-pyrrole nitrogens is 1. The average molecular weight is 221 g/mol. The van der Waals surface area contributed by atoms with Crippen molar-refractivity contribution in [1.29, 1.82) is 0 Å². The number of nitrogens with one attached hydrogen (secondary N) is 1. The second-order valence-corrected chi connectivity index (χ2v) is 4.65. The Morgan fingerprint density at radius 3 is 2.88 bits per heavy atom. The highest BCUT2D eigenvalue weighted by molar-refractivity contribution is 5.39. The number of aliphatic hydroxyl groups is 1. The summed E-state index contributed by atoms with van der Waals surface area (Å²) in [5, 5.41) is 9.47. The number of anilines is 1. The summed E-state index contributed by atoms with van der Waals surface area (Å²) >= 11 is 0. The molecule has 1 saturated carbocycles. The van der Waals surface area contributed by atoms with Crippen molar-refractivity contribution in [2.24, 2.45) is 0 Å². The van der Waals surface area contributed by atoms with E-state index in [9.17, 15) is 9.90 Å². The molecule has 0 aromatic carbocycles. The molecule has 3 rings (SSSR count). The summed E-state index contributed by atoms with van der Waals surface area (Å²) < 4.78 is 0. The Hall–Kier alpha value is -1.36. The molecule has 16 heavy (non-hydrogen) atoms. The van der Waals surface area contributed by atoms with Crippen molar-refractivity contribution in [2.45, 2.75) is 31.3 Å². The summed E-state index contributed by atoms with van der Waals surface area (Å²) in [7, 11) is 0. The fraction of sp³-hybridized carbons (Fsp3) is 0.636. The molecular weight excluding hydrogens is 206 g/mol. The summed E-state index contributed by atoms with van der Waals surface area (Å²) in [5.41, 5.74) is -0.0895. The number of aliphatic hydroxyl groups excluding tert-OH is 1. The van der Waals surface area contributed by atoms with Gasteiger partial charge < -0.3 is 15.0 Å². The third-order valence-corrected chi connectivity index (χ3v) is 3.20. The maximum atomic E-state index is 11.5. The molecule has 0 unspecified atom stereocenters. The van der Waals surface area contributed by atoms with Gasteiger partial charge in [-0.05, 0) is 19.3 Å².